The SMILES string of the molecule is CC.Cn1c(C(F)(F)F)nc2c(N)cccc21. The van der Waals surface area contributed by atoms with E-state index in [4.69, 9.17) is 5.73 Å². The minimum absolute atomic E-state index is 0.187. The summed E-state index contributed by atoms with van der Waals surface area (Å²) in [5.74, 6) is -0.935. The molecule has 2 aromatic rings. The highest BCUT2D eigenvalue weighted by Crippen LogP contribution is 2.31. The normalized spacial score (nSPS) is 11.2. The first kappa shape index (κ1) is 13.3. The highest BCUT2D eigenvalue weighted by atomic mass is 19.4. The number of anilines is 1. The summed E-state index contributed by atoms with van der Waals surface area (Å²) in [5, 5.41) is 0. The highest BCUT2D eigenvalue weighted by Gasteiger charge is 2.36. The van der Waals surface area contributed by atoms with E-state index in [1.165, 1.54) is 13.1 Å². The van der Waals surface area contributed by atoms with Gasteiger partial charge in [0.05, 0.1) is 11.2 Å². The summed E-state index contributed by atoms with van der Waals surface area (Å²) < 4.78 is 38.5. The van der Waals surface area contributed by atoms with E-state index in [2.05, 4.69) is 4.98 Å². The number of alkyl halides is 3. The number of fused-ring (bicyclic) bond motifs is 1. The first-order valence-electron chi connectivity index (χ1n) is 5.19. The maximum atomic E-state index is 12.5. The number of nitrogens with zero attached hydrogens (tertiary/aromatic N) is 2. The Labute approximate surface area is 97.1 Å². The molecule has 1 aromatic heterocycles. The molecular weight excluding hydrogens is 231 g/mol. The Morgan fingerprint density at radius 3 is 2.29 bits per heavy atom. The van der Waals surface area contributed by atoms with Gasteiger partial charge in [0.25, 0.3) is 0 Å². The van der Waals surface area contributed by atoms with Crippen LogP contribution in [0.3, 0.4) is 0 Å². The second-order valence-electron chi connectivity index (χ2n) is 3.21. The lowest BCUT2D eigenvalue weighted by atomic mass is 10.3. The van der Waals surface area contributed by atoms with E-state index < -0.39 is 12.0 Å². The zero-order chi connectivity index (χ0) is 13.2. The molecule has 0 aliphatic carbocycles. The van der Waals surface area contributed by atoms with E-state index in [1.54, 1.807) is 12.1 Å². The predicted octanol–water partition coefficient (Wildman–Crippen LogP) is 3.20. The number of halogens is 3. The molecule has 0 atom stereocenters. The van der Waals surface area contributed by atoms with E-state index in [1.807, 2.05) is 13.8 Å². The van der Waals surface area contributed by atoms with Gasteiger partial charge in [-0.25, -0.2) is 4.98 Å². The fourth-order valence-corrected chi connectivity index (χ4v) is 1.49. The predicted molar refractivity (Wildman–Crippen MR) is 61.5 cm³/mol. The number of para-hydroxylation sites is 1. The first-order chi connectivity index (χ1) is 7.91. The smallest absolute Gasteiger partial charge is 0.397 e. The van der Waals surface area contributed by atoms with Crippen LogP contribution in [0.2, 0.25) is 0 Å². The number of hydrogen-bond acceptors (Lipinski definition) is 2. The molecule has 0 amide bonds. The Morgan fingerprint density at radius 1 is 1.24 bits per heavy atom. The summed E-state index contributed by atoms with van der Waals surface area (Å²) in [5.41, 5.74) is 6.35. The number of rotatable bonds is 0. The van der Waals surface area contributed by atoms with Gasteiger partial charge in [-0.05, 0) is 12.1 Å². The van der Waals surface area contributed by atoms with Gasteiger partial charge >= 0.3 is 6.18 Å². The van der Waals surface area contributed by atoms with Crippen molar-refractivity contribution in [2.24, 2.45) is 7.05 Å². The third-order valence-corrected chi connectivity index (χ3v) is 2.20. The average Bonchev–Trinajstić information content (AvgIpc) is 2.61. The van der Waals surface area contributed by atoms with E-state index in [0.29, 0.717) is 5.52 Å². The molecule has 0 saturated heterocycles. The molecule has 0 spiro atoms. The number of hydrogen-bond donors (Lipinski definition) is 1. The molecule has 0 aliphatic rings. The summed E-state index contributed by atoms with van der Waals surface area (Å²) in [6, 6.07) is 4.67. The van der Waals surface area contributed by atoms with Crippen molar-refractivity contribution in [1.82, 2.24) is 9.55 Å². The van der Waals surface area contributed by atoms with Crippen LogP contribution in [0.1, 0.15) is 19.7 Å². The second-order valence-corrected chi connectivity index (χ2v) is 3.21. The van der Waals surface area contributed by atoms with Crippen molar-refractivity contribution in [3.8, 4) is 0 Å². The van der Waals surface area contributed by atoms with Crippen molar-refractivity contribution < 1.29 is 13.2 Å². The third kappa shape index (κ3) is 2.35. The van der Waals surface area contributed by atoms with Gasteiger partial charge < -0.3 is 10.3 Å². The molecule has 0 fully saturated rings. The molecule has 1 aromatic carbocycles. The minimum Gasteiger partial charge on any atom is -0.397 e. The van der Waals surface area contributed by atoms with E-state index in [0.717, 1.165) is 4.57 Å². The molecule has 6 heteroatoms. The molecule has 0 unspecified atom stereocenters. The molecule has 1 heterocycles. The summed E-state index contributed by atoms with van der Waals surface area (Å²) >= 11 is 0. The maximum absolute atomic E-state index is 12.5. The molecule has 0 radical (unpaired) electrons. The molecule has 3 nitrogen and oxygen atoms in total. The number of nitrogens with two attached hydrogens (primary N) is 1. The molecule has 94 valence electrons. The van der Waals surface area contributed by atoms with Gasteiger partial charge in [0.1, 0.15) is 5.52 Å². The first-order valence-corrected chi connectivity index (χ1v) is 5.19. The lowest BCUT2D eigenvalue weighted by Gasteiger charge is -2.05. The van der Waals surface area contributed by atoms with Crippen LogP contribution in [0, 0.1) is 0 Å². The number of imidazole rings is 1. The zero-order valence-corrected chi connectivity index (χ0v) is 9.84. The van der Waals surface area contributed by atoms with Crippen molar-refractivity contribution >= 4 is 16.7 Å². The Hall–Kier alpha value is -1.72. The lowest BCUT2D eigenvalue weighted by molar-refractivity contribution is -0.146. The third-order valence-electron chi connectivity index (χ3n) is 2.20. The zero-order valence-electron chi connectivity index (χ0n) is 9.84. The van der Waals surface area contributed by atoms with Crippen LogP contribution < -0.4 is 5.73 Å². The summed E-state index contributed by atoms with van der Waals surface area (Å²) in [6.07, 6.45) is -4.46. The minimum atomic E-state index is -4.46. The molecular formula is C11H14F3N3. The van der Waals surface area contributed by atoms with Crippen molar-refractivity contribution in [3.63, 3.8) is 0 Å². The number of aromatic nitrogens is 2. The number of aryl methyl sites for hydroxylation is 1. The largest absolute Gasteiger partial charge is 0.449 e. The van der Waals surface area contributed by atoms with Crippen LogP contribution in [0.4, 0.5) is 18.9 Å². The quantitative estimate of drug-likeness (QED) is 0.724. The standard InChI is InChI=1S/C9H8F3N3.C2H6/c1-15-6-4-2-3-5(13)7(6)14-8(15)9(10,11)12;1-2/h2-4H,13H2,1H3;1-2H3. The van der Waals surface area contributed by atoms with Crippen LogP contribution >= 0.6 is 0 Å². The number of benzene rings is 1. The molecule has 2 rings (SSSR count). The van der Waals surface area contributed by atoms with E-state index in [9.17, 15) is 13.2 Å². The van der Waals surface area contributed by atoms with Crippen molar-refractivity contribution in [1.29, 1.82) is 0 Å². The van der Waals surface area contributed by atoms with Crippen LogP contribution in [-0.4, -0.2) is 9.55 Å². The van der Waals surface area contributed by atoms with Crippen LogP contribution in [0.5, 0.6) is 0 Å². The summed E-state index contributed by atoms with van der Waals surface area (Å²) in [4.78, 5) is 3.50. The van der Waals surface area contributed by atoms with Gasteiger partial charge in [-0.1, -0.05) is 19.9 Å². The number of nitrogen functional groups attached to an aromatic ring is 1. The van der Waals surface area contributed by atoms with Crippen molar-refractivity contribution in [2.45, 2.75) is 20.0 Å². The molecule has 2 N–H and O–H groups in total. The van der Waals surface area contributed by atoms with Crippen LogP contribution in [0.25, 0.3) is 11.0 Å². The van der Waals surface area contributed by atoms with Gasteiger partial charge in [0.15, 0.2) is 0 Å². The molecule has 17 heavy (non-hydrogen) atoms. The Kier molecular flexibility index (Phi) is 3.65. The fraction of sp³-hybridized carbons (Fsp3) is 0.364. The van der Waals surface area contributed by atoms with Gasteiger partial charge in [-0.15, -0.1) is 0 Å². The van der Waals surface area contributed by atoms with Gasteiger partial charge in [0.2, 0.25) is 5.82 Å². The Bertz CT molecular complexity index is 514. The molecule has 0 aliphatic heterocycles. The van der Waals surface area contributed by atoms with Gasteiger partial charge in [-0.3, -0.25) is 0 Å². The van der Waals surface area contributed by atoms with Crippen molar-refractivity contribution in [2.75, 3.05) is 5.73 Å². The fourth-order valence-electron chi connectivity index (χ4n) is 1.49. The topological polar surface area (TPSA) is 43.8 Å². The van der Waals surface area contributed by atoms with Crippen LogP contribution in [0.15, 0.2) is 18.2 Å². The van der Waals surface area contributed by atoms with E-state index in [-0.39, 0.29) is 11.2 Å². The Morgan fingerprint density at radius 2 is 1.82 bits per heavy atom. The van der Waals surface area contributed by atoms with Gasteiger partial charge in [-0.2, -0.15) is 13.2 Å². The highest BCUT2D eigenvalue weighted by molar-refractivity contribution is 5.87. The summed E-state index contributed by atoms with van der Waals surface area (Å²) in [7, 11) is 1.32. The van der Waals surface area contributed by atoms with Gasteiger partial charge in [0, 0.05) is 7.05 Å². The Balaban J connectivity index is 0.000000686. The average molecular weight is 245 g/mol. The van der Waals surface area contributed by atoms with E-state index >= 15 is 0 Å². The summed E-state index contributed by atoms with van der Waals surface area (Å²) in [6.45, 7) is 4.00. The van der Waals surface area contributed by atoms with Crippen molar-refractivity contribution in [3.05, 3.63) is 24.0 Å². The molecule has 0 bridgehead atoms. The lowest BCUT2D eigenvalue weighted by Crippen LogP contribution is -2.12. The monoisotopic (exact) mass is 245 g/mol. The second kappa shape index (κ2) is 4.65. The maximum Gasteiger partial charge on any atom is 0.449 e. The molecule has 0 saturated carbocycles. The van der Waals surface area contributed by atoms with Crippen LogP contribution in [-0.2, 0) is 13.2 Å².